The number of carbonyl (C=O) groups excluding carboxylic acids is 3. The van der Waals surface area contributed by atoms with E-state index in [2.05, 4.69) is 35.9 Å². The number of aromatic nitrogens is 1. The molecule has 19 heteroatoms. The molecule has 1 heterocycles. The van der Waals surface area contributed by atoms with Crippen LogP contribution in [-0.2, 0) is 25.6 Å². The fourth-order valence-corrected chi connectivity index (χ4v) is 4.74. The number of nitrogens with one attached hydrogen (secondary N) is 4. The van der Waals surface area contributed by atoms with Crippen LogP contribution in [0.2, 0.25) is 0 Å². The summed E-state index contributed by atoms with van der Waals surface area (Å²) in [6.45, 7) is 0.580. The van der Waals surface area contributed by atoms with Crippen LogP contribution < -0.4 is 56.1 Å². The number of aliphatic carboxylic acids is 1. The first-order valence-corrected chi connectivity index (χ1v) is 15.4. The minimum Gasteiger partial charge on any atom is -0.480 e. The maximum absolute atomic E-state index is 13.6. The molecular weight excluding hydrogens is 624 g/mol. The minimum atomic E-state index is -1.32. The Labute approximate surface area is 277 Å². The number of amides is 3. The Balaban J connectivity index is 2.22. The highest BCUT2D eigenvalue weighted by Crippen LogP contribution is 2.19. The predicted molar refractivity (Wildman–Crippen MR) is 183 cm³/mol. The van der Waals surface area contributed by atoms with Gasteiger partial charge in [0.15, 0.2) is 17.9 Å². The number of hydrogen-bond acceptors (Lipinski definition) is 8. The number of para-hydroxylation sites is 1. The largest absolute Gasteiger partial charge is 0.480 e. The summed E-state index contributed by atoms with van der Waals surface area (Å²) in [7, 11) is 0. The first kappa shape index (κ1) is 38.6. The molecule has 19 nitrogen and oxygen atoms in total. The van der Waals surface area contributed by atoms with Gasteiger partial charge in [0.25, 0.3) is 0 Å². The Morgan fingerprint density at radius 1 is 0.688 bits per heavy atom. The highest BCUT2D eigenvalue weighted by molar-refractivity contribution is 5.94. The second kappa shape index (κ2) is 19.8. The molecule has 0 saturated carbocycles. The number of fused-ring (bicyclic) bond motifs is 1. The molecule has 0 aliphatic heterocycles. The van der Waals surface area contributed by atoms with Crippen LogP contribution in [0.4, 0.5) is 0 Å². The standard InChI is InChI=1S/C29H48N14O5/c30-18(7-3-11-37-27(31)32)23(44)41-20(9-4-12-38-28(33)34)24(45)42-21(10-5-13-39-29(35)36)25(46)43-22(26(47)48)14-16-15-40-19-8-2-1-6-17(16)19/h1-2,6,8,15,18,20-22,40H,3-5,7,9-14,30H2,(H,41,44)(H,42,45)(H,43,46)(H,47,48)(H4,31,32,37)(H4,33,34,38)(H4,35,36,39). The molecule has 4 unspecified atom stereocenters. The van der Waals surface area contributed by atoms with Crippen molar-refractivity contribution in [2.24, 2.45) is 55.1 Å². The fraction of sp³-hybridized carbons (Fsp3) is 0.483. The summed E-state index contributed by atoms with van der Waals surface area (Å²) in [5.74, 6) is -3.70. The molecule has 0 saturated heterocycles. The Bertz CT molecular complexity index is 1460. The van der Waals surface area contributed by atoms with E-state index in [9.17, 15) is 24.3 Å². The van der Waals surface area contributed by atoms with E-state index < -0.39 is 47.9 Å². The fourth-order valence-electron chi connectivity index (χ4n) is 4.74. The number of benzene rings is 1. The van der Waals surface area contributed by atoms with Gasteiger partial charge in [-0.25, -0.2) is 4.79 Å². The first-order valence-electron chi connectivity index (χ1n) is 15.4. The lowest BCUT2D eigenvalue weighted by Gasteiger charge is -2.25. The summed E-state index contributed by atoms with van der Waals surface area (Å²) in [5, 5.41) is 18.6. The number of rotatable bonds is 21. The van der Waals surface area contributed by atoms with Gasteiger partial charge in [-0.15, -0.1) is 0 Å². The lowest BCUT2D eigenvalue weighted by Crippen LogP contribution is -2.57. The van der Waals surface area contributed by atoms with E-state index in [0.29, 0.717) is 18.4 Å². The summed E-state index contributed by atoms with van der Waals surface area (Å²) in [6, 6.07) is 2.71. The van der Waals surface area contributed by atoms with Crippen LogP contribution in [-0.4, -0.2) is 95.5 Å². The molecule has 0 radical (unpaired) electrons. The average molecular weight is 673 g/mol. The van der Waals surface area contributed by atoms with Crippen molar-refractivity contribution in [1.82, 2.24) is 20.9 Å². The predicted octanol–water partition coefficient (Wildman–Crippen LogP) is -3.26. The number of H-pyrrole nitrogens is 1. The molecule has 0 spiro atoms. The highest BCUT2D eigenvalue weighted by atomic mass is 16.4. The molecule has 4 atom stereocenters. The summed E-state index contributed by atoms with van der Waals surface area (Å²) in [5.41, 5.74) is 39.8. The van der Waals surface area contributed by atoms with E-state index in [-0.39, 0.29) is 69.6 Å². The van der Waals surface area contributed by atoms with Gasteiger partial charge in [-0.1, -0.05) is 18.2 Å². The molecule has 1 aromatic heterocycles. The van der Waals surface area contributed by atoms with E-state index in [1.54, 1.807) is 6.20 Å². The number of guanidine groups is 3. The zero-order chi connectivity index (χ0) is 35.6. The van der Waals surface area contributed by atoms with Crippen LogP contribution in [0.3, 0.4) is 0 Å². The van der Waals surface area contributed by atoms with Crippen molar-refractivity contribution in [3.63, 3.8) is 0 Å². The molecule has 0 bridgehead atoms. The third-order valence-electron chi connectivity index (χ3n) is 7.17. The third-order valence-corrected chi connectivity index (χ3v) is 7.17. The normalized spacial score (nSPS) is 13.3. The molecule has 2 rings (SSSR count). The van der Waals surface area contributed by atoms with Gasteiger partial charge in [-0.2, -0.15) is 0 Å². The number of hydrogen-bond donors (Lipinski definition) is 12. The van der Waals surface area contributed by atoms with Gasteiger partial charge in [-0.3, -0.25) is 29.4 Å². The van der Waals surface area contributed by atoms with Crippen LogP contribution >= 0.6 is 0 Å². The van der Waals surface area contributed by atoms with Gasteiger partial charge < -0.3 is 66.2 Å². The van der Waals surface area contributed by atoms with Crippen LogP contribution in [0, 0.1) is 0 Å². The van der Waals surface area contributed by atoms with Crippen LogP contribution in [0.5, 0.6) is 0 Å². The molecule has 0 aliphatic carbocycles. The summed E-state index contributed by atoms with van der Waals surface area (Å²) < 4.78 is 0. The monoisotopic (exact) mass is 672 g/mol. The third kappa shape index (κ3) is 13.8. The molecular formula is C29H48N14O5. The van der Waals surface area contributed by atoms with Crippen LogP contribution in [0.1, 0.15) is 44.1 Å². The van der Waals surface area contributed by atoms with Crippen molar-refractivity contribution in [1.29, 1.82) is 0 Å². The zero-order valence-electron chi connectivity index (χ0n) is 26.7. The smallest absolute Gasteiger partial charge is 0.326 e. The molecule has 2 aromatic rings. The molecule has 1 aromatic carbocycles. The van der Waals surface area contributed by atoms with E-state index >= 15 is 0 Å². The number of carbonyl (C=O) groups is 4. The summed E-state index contributed by atoms with van der Waals surface area (Å²) in [4.78, 5) is 67.0. The number of aromatic amines is 1. The van der Waals surface area contributed by atoms with Crippen LogP contribution in [0.25, 0.3) is 10.9 Å². The Morgan fingerprint density at radius 2 is 1.15 bits per heavy atom. The number of nitrogens with two attached hydrogens (primary N) is 7. The van der Waals surface area contributed by atoms with Crippen molar-refractivity contribution in [2.75, 3.05) is 19.6 Å². The van der Waals surface area contributed by atoms with Gasteiger partial charge in [0.2, 0.25) is 17.7 Å². The van der Waals surface area contributed by atoms with Gasteiger partial charge in [-0.05, 0) is 50.2 Å². The molecule has 3 amide bonds. The molecule has 0 fully saturated rings. The lowest BCUT2D eigenvalue weighted by atomic mass is 10.0. The maximum atomic E-state index is 13.6. The first-order chi connectivity index (χ1) is 22.8. The van der Waals surface area contributed by atoms with Gasteiger partial charge >= 0.3 is 5.97 Å². The van der Waals surface area contributed by atoms with Crippen molar-refractivity contribution < 1.29 is 24.3 Å². The Kier molecular flexibility index (Phi) is 15.9. The van der Waals surface area contributed by atoms with Crippen molar-refractivity contribution in [2.45, 2.75) is 69.1 Å². The second-order valence-corrected chi connectivity index (χ2v) is 11.0. The van der Waals surface area contributed by atoms with Crippen molar-refractivity contribution in [3.8, 4) is 0 Å². The maximum Gasteiger partial charge on any atom is 0.326 e. The number of carboxylic acid groups (broad SMARTS) is 1. The number of aliphatic imine (C=N–C) groups is 3. The summed E-state index contributed by atoms with van der Waals surface area (Å²) >= 11 is 0. The topological polar surface area (TPSA) is 360 Å². The molecule has 0 aliphatic rings. The lowest BCUT2D eigenvalue weighted by molar-refractivity contribution is -0.142. The molecule has 264 valence electrons. The van der Waals surface area contributed by atoms with Crippen molar-refractivity contribution in [3.05, 3.63) is 36.0 Å². The second-order valence-electron chi connectivity index (χ2n) is 11.0. The quantitative estimate of drug-likeness (QED) is 0.0353. The average Bonchev–Trinajstić information content (AvgIpc) is 3.43. The van der Waals surface area contributed by atoms with E-state index in [0.717, 1.165) is 10.9 Å². The molecule has 48 heavy (non-hydrogen) atoms. The highest BCUT2D eigenvalue weighted by Gasteiger charge is 2.30. The van der Waals surface area contributed by atoms with Gasteiger partial charge in [0.1, 0.15) is 18.1 Å². The number of carboxylic acids is 1. The van der Waals surface area contributed by atoms with E-state index in [4.69, 9.17) is 40.1 Å². The zero-order valence-corrected chi connectivity index (χ0v) is 26.7. The van der Waals surface area contributed by atoms with E-state index in [1.807, 2.05) is 24.3 Å². The minimum absolute atomic E-state index is 0.0235. The summed E-state index contributed by atoms with van der Waals surface area (Å²) in [6.07, 6.45) is 3.00. The van der Waals surface area contributed by atoms with E-state index in [1.165, 1.54) is 0 Å². The number of nitrogens with zero attached hydrogens (tertiary/aromatic N) is 3. The Hall–Kier alpha value is -5.59. The van der Waals surface area contributed by atoms with Gasteiger partial charge in [0.05, 0.1) is 6.04 Å². The SMILES string of the molecule is NC(N)=NCCCC(N)C(=O)NC(CCCN=C(N)N)C(=O)NC(CCCN=C(N)N)C(=O)NC(Cc1c[nH]c2ccccc12)C(=O)O. The van der Waals surface area contributed by atoms with Crippen LogP contribution in [0.15, 0.2) is 45.4 Å². The van der Waals surface area contributed by atoms with Crippen molar-refractivity contribution >= 4 is 52.5 Å². The molecule has 19 N–H and O–H groups in total. The van der Waals surface area contributed by atoms with Gasteiger partial charge in [0, 0.05) is 43.2 Å². The Morgan fingerprint density at radius 3 is 1.65 bits per heavy atom.